The first-order chi connectivity index (χ1) is 9.52. The van der Waals surface area contributed by atoms with Crippen LogP contribution in [0.5, 0.6) is 0 Å². The molecule has 0 radical (unpaired) electrons. The number of hydrogen-bond donors (Lipinski definition) is 3. The number of aliphatic carboxylic acids is 1. The molecule has 0 saturated heterocycles. The van der Waals surface area contributed by atoms with Gasteiger partial charge >= 0.3 is 5.97 Å². The average Bonchev–Trinajstić information content (AvgIpc) is 2.86. The van der Waals surface area contributed by atoms with E-state index in [9.17, 15) is 9.90 Å². The Balaban J connectivity index is 2.21. The van der Waals surface area contributed by atoms with Crippen molar-refractivity contribution in [3.63, 3.8) is 0 Å². The lowest BCUT2D eigenvalue weighted by molar-refractivity contribution is -0.141. The number of carbonyl (C=O) groups is 1. The number of hydrogen-bond acceptors (Lipinski definition) is 2. The van der Waals surface area contributed by atoms with Crippen molar-refractivity contribution >= 4 is 32.8 Å². The minimum atomic E-state index is -1.07. The summed E-state index contributed by atoms with van der Waals surface area (Å²) in [4.78, 5) is 14.7. The number of nitrogens with one attached hydrogen (secondary N) is 1. The Bertz CT molecular complexity index is 747. The Labute approximate surface area is 124 Å². The van der Waals surface area contributed by atoms with Crippen molar-refractivity contribution in [2.45, 2.75) is 5.54 Å². The molecule has 4 nitrogen and oxygen atoms in total. The molecule has 0 bridgehead atoms. The molecule has 1 aliphatic rings. The van der Waals surface area contributed by atoms with E-state index in [0.717, 1.165) is 20.9 Å². The molecule has 0 fully saturated rings. The first-order valence-electron chi connectivity index (χ1n) is 6.17. The van der Waals surface area contributed by atoms with Crippen LogP contribution in [0.4, 0.5) is 0 Å². The van der Waals surface area contributed by atoms with Gasteiger partial charge in [-0.15, -0.1) is 0 Å². The van der Waals surface area contributed by atoms with Crippen molar-refractivity contribution in [2.24, 2.45) is 11.7 Å². The lowest BCUT2D eigenvalue weighted by Crippen LogP contribution is -2.46. The number of carboxylic acid groups (broad SMARTS) is 1. The number of benzene rings is 1. The Kier molecular flexibility index (Phi) is 3.03. The number of aromatic amines is 1. The Morgan fingerprint density at radius 3 is 2.90 bits per heavy atom. The van der Waals surface area contributed by atoms with E-state index >= 15 is 0 Å². The van der Waals surface area contributed by atoms with E-state index in [4.69, 9.17) is 5.73 Å². The summed E-state index contributed by atoms with van der Waals surface area (Å²) >= 11 is 3.31. The number of fused-ring (bicyclic) bond motifs is 1. The van der Waals surface area contributed by atoms with E-state index in [0.29, 0.717) is 0 Å². The van der Waals surface area contributed by atoms with Crippen LogP contribution >= 0.6 is 15.9 Å². The van der Waals surface area contributed by atoms with E-state index in [-0.39, 0.29) is 0 Å². The Morgan fingerprint density at radius 2 is 2.15 bits per heavy atom. The molecule has 2 aromatic rings. The molecular weight excluding hydrogens is 320 g/mol. The highest BCUT2D eigenvalue weighted by Gasteiger charge is 2.41. The number of carboxylic acids is 1. The van der Waals surface area contributed by atoms with Crippen molar-refractivity contribution < 1.29 is 9.90 Å². The van der Waals surface area contributed by atoms with Gasteiger partial charge in [0.25, 0.3) is 0 Å². The molecule has 0 saturated carbocycles. The first-order valence-corrected chi connectivity index (χ1v) is 6.96. The van der Waals surface area contributed by atoms with Crippen molar-refractivity contribution in [1.82, 2.24) is 4.98 Å². The third-order valence-electron chi connectivity index (χ3n) is 3.68. The molecule has 0 aliphatic heterocycles. The quantitative estimate of drug-likeness (QED) is 0.791. The van der Waals surface area contributed by atoms with Crippen LogP contribution in [0.2, 0.25) is 0 Å². The summed E-state index contributed by atoms with van der Waals surface area (Å²) in [6.07, 6.45) is 6.95. The number of aromatic nitrogens is 1. The normalized spacial score (nSPS) is 25.7. The van der Waals surface area contributed by atoms with Crippen LogP contribution in [0.25, 0.3) is 10.9 Å². The van der Waals surface area contributed by atoms with Crippen LogP contribution in [-0.2, 0) is 10.3 Å². The van der Waals surface area contributed by atoms with Gasteiger partial charge in [-0.1, -0.05) is 52.4 Å². The highest BCUT2D eigenvalue weighted by Crippen LogP contribution is 2.38. The number of halogens is 1. The average molecular weight is 333 g/mol. The molecule has 1 aliphatic carbocycles. The predicted octanol–water partition coefficient (Wildman–Crippen LogP) is 2.87. The van der Waals surface area contributed by atoms with Gasteiger partial charge in [0, 0.05) is 27.1 Å². The van der Waals surface area contributed by atoms with Gasteiger partial charge in [-0.2, -0.15) is 0 Å². The molecule has 102 valence electrons. The summed E-state index contributed by atoms with van der Waals surface area (Å²) in [5, 5.41) is 10.4. The molecule has 20 heavy (non-hydrogen) atoms. The van der Waals surface area contributed by atoms with Crippen LogP contribution in [0.1, 0.15) is 5.56 Å². The number of rotatable bonds is 2. The molecular formula is C15H13BrN2O2. The van der Waals surface area contributed by atoms with Gasteiger partial charge < -0.3 is 15.8 Å². The highest BCUT2D eigenvalue weighted by atomic mass is 79.9. The van der Waals surface area contributed by atoms with Crippen LogP contribution in [0.3, 0.4) is 0 Å². The predicted molar refractivity (Wildman–Crippen MR) is 81.4 cm³/mol. The van der Waals surface area contributed by atoms with Gasteiger partial charge in [0.05, 0.1) is 5.54 Å². The monoisotopic (exact) mass is 332 g/mol. The maximum absolute atomic E-state index is 11.6. The van der Waals surface area contributed by atoms with Gasteiger partial charge in [0.15, 0.2) is 0 Å². The molecule has 2 unspecified atom stereocenters. The van der Waals surface area contributed by atoms with Crippen molar-refractivity contribution in [3.8, 4) is 0 Å². The number of para-hydroxylation sites is 1. The standard InChI is InChI=1S/C15H13BrN2O2/c16-9-5-6-15(17,11(7-9)14(19)20)12-8-18-13-4-2-1-3-10(12)13/h1-8,11,18H,17H2,(H,19,20). The zero-order valence-corrected chi connectivity index (χ0v) is 12.1. The summed E-state index contributed by atoms with van der Waals surface area (Å²) in [5.74, 6) is -1.76. The molecule has 0 spiro atoms. The molecule has 4 N–H and O–H groups in total. The lowest BCUT2D eigenvalue weighted by atomic mass is 9.76. The van der Waals surface area contributed by atoms with Crippen molar-refractivity contribution in [2.75, 3.05) is 0 Å². The molecule has 2 atom stereocenters. The topological polar surface area (TPSA) is 79.1 Å². The van der Waals surface area contributed by atoms with Gasteiger partial charge in [-0.3, -0.25) is 4.79 Å². The second-order valence-electron chi connectivity index (χ2n) is 4.88. The minimum Gasteiger partial charge on any atom is -0.481 e. The summed E-state index contributed by atoms with van der Waals surface area (Å²) < 4.78 is 0.728. The molecule has 5 heteroatoms. The smallest absolute Gasteiger partial charge is 0.312 e. The number of allylic oxidation sites excluding steroid dienone is 2. The maximum atomic E-state index is 11.6. The fourth-order valence-electron chi connectivity index (χ4n) is 2.64. The molecule has 1 aromatic heterocycles. The van der Waals surface area contributed by atoms with Gasteiger partial charge in [-0.05, 0) is 6.07 Å². The maximum Gasteiger partial charge on any atom is 0.312 e. The molecule has 3 rings (SSSR count). The third-order valence-corrected chi connectivity index (χ3v) is 4.21. The van der Waals surface area contributed by atoms with Crippen LogP contribution in [0.15, 0.2) is 53.2 Å². The third kappa shape index (κ3) is 1.90. The van der Waals surface area contributed by atoms with E-state index in [1.165, 1.54) is 0 Å². The lowest BCUT2D eigenvalue weighted by Gasteiger charge is -2.33. The minimum absolute atomic E-state index is 0.728. The summed E-state index contributed by atoms with van der Waals surface area (Å²) in [7, 11) is 0. The van der Waals surface area contributed by atoms with Gasteiger partial charge in [-0.25, -0.2) is 0 Å². The number of H-pyrrole nitrogens is 1. The van der Waals surface area contributed by atoms with Gasteiger partial charge in [0.2, 0.25) is 0 Å². The SMILES string of the molecule is NC1(c2c[nH]c3ccccc23)C=CC(Br)=CC1C(=O)O. The van der Waals surface area contributed by atoms with Crippen LogP contribution in [-0.4, -0.2) is 16.1 Å². The fraction of sp³-hybridized carbons (Fsp3) is 0.133. The Hall–Kier alpha value is -1.85. The zero-order chi connectivity index (χ0) is 14.3. The summed E-state index contributed by atoms with van der Waals surface area (Å²) in [6.45, 7) is 0. The van der Waals surface area contributed by atoms with Crippen LogP contribution in [0, 0.1) is 5.92 Å². The zero-order valence-electron chi connectivity index (χ0n) is 10.5. The second-order valence-corrected chi connectivity index (χ2v) is 5.80. The highest BCUT2D eigenvalue weighted by molar-refractivity contribution is 9.11. The molecule has 1 heterocycles. The van der Waals surface area contributed by atoms with E-state index in [1.54, 1.807) is 24.4 Å². The van der Waals surface area contributed by atoms with E-state index in [2.05, 4.69) is 20.9 Å². The second kappa shape index (κ2) is 4.61. The van der Waals surface area contributed by atoms with E-state index < -0.39 is 17.4 Å². The largest absolute Gasteiger partial charge is 0.481 e. The molecule has 0 amide bonds. The summed E-state index contributed by atoms with van der Waals surface area (Å²) in [5.41, 5.74) is 7.11. The summed E-state index contributed by atoms with van der Waals surface area (Å²) in [6, 6.07) is 7.72. The fourth-order valence-corrected chi connectivity index (χ4v) is 3.03. The number of nitrogens with two attached hydrogens (primary N) is 1. The van der Waals surface area contributed by atoms with Crippen molar-refractivity contribution in [1.29, 1.82) is 0 Å². The molecule has 1 aromatic carbocycles. The van der Waals surface area contributed by atoms with Gasteiger partial charge in [0.1, 0.15) is 5.92 Å². The first kappa shape index (κ1) is 13.1. The van der Waals surface area contributed by atoms with E-state index in [1.807, 2.05) is 24.3 Å². The van der Waals surface area contributed by atoms with Crippen LogP contribution < -0.4 is 5.73 Å². The van der Waals surface area contributed by atoms with Crippen molar-refractivity contribution in [3.05, 3.63) is 58.7 Å². The Morgan fingerprint density at radius 1 is 1.40 bits per heavy atom.